The maximum absolute atomic E-state index is 12.6. The van der Waals surface area contributed by atoms with Gasteiger partial charge in [0.15, 0.2) is 18.1 Å². The van der Waals surface area contributed by atoms with Gasteiger partial charge in [-0.1, -0.05) is 19.1 Å². The Morgan fingerprint density at radius 2 is 1.69 bits per heavy atom. The zero-order chi connectivity index (χ0) is 19.1. The van der Waals surface area contributed by atoms with Crippen molar-refractivity contribution in [2.75, 3.05) is 19.8 Å². The summed E-state index contributed by atoms with van der Waals surface area (Å²) in [7, 11) is 0. The van der Waals surface area contributed by atoms with E-state index in [1.165, 1.54) is 0 Å². The molecule has 2 rings (SSSR count). The molecule has 0 fully saturated rings. The Labute approximate surface area is 153 Å². The normalized spacial score (nSPS) is 10.5. The Balaban J connectivity index is 2.12. The van der Waals surface area contributed by atoms with Gasteiger partial charge >= 0.3 is 5.97 Å². The Morgan fingerprint density at radius 1 is 1.04 bits per heavy atom. The summed E-state index contributed by atoms with van der Waals surface area (Å²) >= 11 is 0. The Kier molecular flexibility index (Phi) is 6.83. The van der Waals surface area contributed by atoms with Crippen molar-refractivity contribution in [1.82, 2.24) is 4.98 Å². The SMILES string of the molecule is CCCOc1ccccc1OCC(=O)c1[nH]c(C)c(C(=O)OCC)c1C. The third kappa shape index (κ3) is 4.45. The molecular formula is C20H25NO5. The van der Waals surface area contributed by atoms with Crippen LogP contribution in [0.3, 0.4) is 0 Å². The smallest absolute Gasteiger partial charge is 0.340 e. The summed E-state index contributed by atoms with van der Waals surface area (Å²) in [5.74, 6) is 0.443. The number of aromatic nitrogens is 1. The van der Waals surface area contributed by atoms with Gasteiger partial charge in [-0.3, -0.25) is 4.79 Å². The minimum Gasteiger partial charge on any atom is -0.490 e. The van der Waals surface area contributed by atoms with Crippen LogP contribution in [0.4, 0.5) is 0 Å². The third-order valence-corrected chi connectivity index (χ3v) is 3.87. The van der Waals surface area contributed by atoms with Crippen LogP contribution in [0.1, 0.15) is 52.4 Å². The van der Waals surface area contributed by atoms with Gasteiger partial charge in [0.25, 0.3) is 0 Å². The highest BCUT2D eigenvalue weighted by Gasteiger charge is 2.23. The molecule has 6 heteroatoms. The Morgan fingerprint density at radius 3 is 2.31 bits per heavy atom. The number of aromatic amines is 1. The van der Waals surface area contributed by atoms with Crippen LogP contribution in [0.25, 0.3) is 0 Å². The number of hydrogen-bond acceptors (Lipinski definition) is 5. The van der Waals surface area contributed by atoms with Crippen molar-refractivity contribution in [2.24, 2.45) is 0 Å². The average Bonchev–Trinajstić information content (AvgIpc) is 2.93. The molecule has 1 N–H and O–H groups in total. The number of esters is 1. The minimum atomic E-state index is -0.433. The van der Waals surface area contributed by atoms with E-state index >= 15 is 0 Å². The molecule has 6 nitrogen and oxygen atoms in total. The number of rotatable bonds is 9. The Bertz CT molecular complexity index is 779. The lowest BCUT2D eigenvalue weighted by Gasteiger charge is -2.11. The third-order valence-electron chi connectivity index (χ3n) is 3.87. The number of ether oxygens (including phenoxy) is 3. The van der Waals surface area contributed by atoms with Crippen molar-refractivity contribution < 1.29 is 23.8 Å². The number of Topliss-reactive ketones (excluding diaryl/α,β-unsaturated/α-hetero) is 1. The van der Waals surface area contributed by atoms with E-state index in [4.69, 9.17) is 14.2 Å². The molecule has 0 amide bonds. The maximum Gasteiger partial charge on any atom is 0.340 e. The topological polar surface area (TPSA) is 77.6 Å². The van der Waals surface area contributed by atoms with E-state index in [0.29, 0.717) is 40.6 Å². The molecule has 0 saturated heterocycles. The molecule has 0 aliphatic carbocycles. The van der Waals surface area contributed by atoms with E-state index in [-0.39, 0.29) is 19.0 Å². The van der Waals surface area contributed by atoms with E-state index in [2.05, 4.69) is 4.98 Å². The second-order valence-electron chi connectivity index (χ2n) is 5.85. The molecule has 2 aromatic rings. The summed E-state index contributed by atoms with van der Waals surface area (Å²) in [6.07, 6.45) is 0.880. The number of ketones is 1. The second kappa shape index (κ2) is 9.08. The largest absolute Gasteiger partial charge is 0.490 e. The van der Waals surface area contributed by atoms with Crippen LogP contribution in [0.2, 0.25) is 0 Å². The van der Waals surface area contributed by atoms with Crippen molar-refractivity contribution in [2.45, 2.75) is 34.1 Å². The number of carbonyl (C=O) groups excluding carboxylic acids is 2. The number of para-hydroxylation sites is 2. The predicted octanol–water partition coefficient (Wildman–Crippen LogP) is 3.86. The molecule has 1 heterocycles. The quantitative estimate of drug-likeness (QED) is 0.543. The van der Waals surface area contributed by atoms with Gasteiger partial charge in [0.05, 0.1) is 24.5 Å². The minimum absolute atomic E-state index is 0.157. The molecule has 0 spiro atoms. The first kappa shape index (κ1) is 19.6. The lowest BCUT2D eigenvalue weighted by atomic mass is 10.1. The molecule has 0 radical (unpaired) electrons. The fraction of sp³-hybridized carbons (Fsp3) is 0.400. The van der Waals surface area contributed by atoms with Crippen LogP contribution < -0.4 is 9.47 Å². The van der Waals surface area contributed by atoms with E-state index in [9.17, 15) is 9.59 Å². The monoisotopic (exact) mass is 359 g/mol. The number of aryl methyl sites for hydroxylation is 1. The molecule has 0 aliphatic rings. The first-order valence-corrected chi connectivity index (χ1v) is 8.73. The molecule has 26 heavy (non-hydrogen) atoms. The van der Waals surface area contributed by atoms with E-state index < -0.39 is 5.97 Å². The van der Waals surface area contributed by atoms with Gasteiger partial charge in [-0.15, -0.1) is 0 Å². The van der Waals surface area contributed by atoms with E-state index in [0.717, 1.165) is 6.42 Å². The number of carbonyl (C=O) groups is 2. The van der Waals surface area contributed by atoms with E-state index in [1.54, 1.807) is 32.9 Å². The van der Waals surface area contributed by atoms with Crippen LogP contribution in [0.5, 0.6) is 11.5 Å². The molecular weight excluding hydrogens is 334 g/mol. The highest BCUT2D eigenvalue weighted by Crippen LogP contribution is 2.27. The van der Waals surface area contributed by atoms with Crippen molar-refractivity contribution in [3.8, 4) is 11.5 Å². The molecule has 0 saturated carbocycles. The molecule has 0 unspecified atom stereocenters. The molecule has 0 bridgehead atoms. The second-order valence-corrected chi connectivity index (χ2v) is 5.85. The highest BCUT2D eigenvalue weighted by atomic mass is 16.5. The molecule has 0 atom stereocenters. The van der Waals surface area contributed by atoms with Crippen molar-refractivity contribution in [3.05, 3.63) is 46.8 Å². The zero-order valence-electron chi connectivity index (χ0n) is 15.7. The molecule has 0 aliphatic heterocycles. The summed E-state index contributed by atoms with van der Waals surface area (Å²) in [6.45, 7) is 7.93. The van der Waals surface area contributed by atoms with Gasteiger partial charge in [-0.25, -0.2) is 4.79 Å². The predicted molar refractivity (Wildman–Crippen MR) is 98.3 cm³/mol. The van der Waals surface area contributed by atoms with Crippen molar-refractivity contribution in [3.63, 3.8) is 0 Å². The van der Waals surface area contributed by atoms with Crippen LogP contribution in [-0.4, -0.2) is 36.6 Å². The van der Waals surface area contributed by atoms with Crippen LogP contribution in [-0.2, 0) is 4.74 Å². The van der Waals surface area contributed by atoms with Gasteiger partial charge < -0.3 is 19.2 Å². The average molecular weight is 359 g/mol. The fourth-order valence-electron chi connectivity index (χ4n) is 2.65. The van der Waals surface area contributed by atoms with Gasteiger partial charge in [-0.2, -0.15) is 0 Å². The van der Waals surface area contributed by atoms with Gasteiger partial charge in [0.2, 0.25) is 5.78 Å². The first-order chi connectivity index (χ1) is 12.5. The number of benzene rings is 1. The number of hydrogen-bond donors (Lipinski definition) is 1. The van der Waals surface area contributed by atoms with Gasteiger partial charge in [-0.05, 0) is 44.9 Å². The highest BCUT2D eigenvalue weighted by molar-refractivity contribution is 6.02. The summed E-state index contributed by atoms with van der Waals surface area (Å²) in [4.78, 5) is 27.6. The van der Waals surface area contributed by atoms with Crippen molar-refractivity contribution >= 4 is 11.8 Å². The standard InChI is InChI=1S/C20H25NO5/c1-5-11-25-16-9-7-8-10-17(16)26-12-15(22)19-13(3)18(14(4)21-19)20(23)24-6-2/h7-10,21H,5-6,11-12H2,1-4H3. The zero-order valence-corrected chi connectivity index (χ0v) is 15.7. The van der Waals surface area contributed by atoms with E-state index in [1.807, 2.05) is 19.1 Å². The van der Waals surface area contributed by atoms with Gasteiger partial charge in [0.1, 0.15) is 0 Å². The molecule has 1 aromatic carbocycles. The van der Waals surface area contributed by atoms with Crippen LogP contribution in [0, 0.1) is 13.8 Å². The first-order valence-electron chi connectivity index (χ1n) is 8.73. The maximum atomic E-state index is 12.6. The lowest BCUT2D eigenvalue weighted by molar-refractivity contribution is 0.0525. The Hall–Kier alpha value is -2.76. The summed E-state index contributed by atoms with van der Waals surface area (Å²) in [5, 5.41) is 0. The lowest BCUT2D eigenvalue weighted by Crippen LogP contribution is -2.14. The summed E-state index contributed by atoms with van der Waals surface area (Å²) < 4.78 is 16.3. The summed E-state index contributed by atoms with van der Waals surface area (Å²) in [6, 6.07) is 7.23. The number of H-pyrrole nitrogens is 1. The van der Waals surface area contributed by atoms with Crippen LogP contribution >= 0.6 is 0 Å². The molecule has 140 valence electrons. The summed E-state index contributed by atoms with van der Waals surface area (Å²) in [5.41, 5.74) is 1.94. The number of nitrogens with one attached hydrogen (secondary N) is 1. The van der Waals surface area contributed by atoms with Gasteiger partial charge in [0, 0.05) is 5.69 Å². The molecule has 1 aromatic heterocycles. The fourth-order valence-corrected chi connectivity index (χ4v) is 2.65. The van der Waals surface area contributed by atoms with Crippen LogP contribution in [0.15, 0.2) is 24.3 Å². The van der Waals surface area contributed by atoms with Crippen molar-refractivity contribution in [1.29, 1.82) is 0 Å².